The predicted octanol–water partition coefficient (Wildman–Crippen LogP) is 1.09. The minimum atomic E-state index is -3.48. The quantitative estimate of drug-likeness (QED) is 0.871. The molecule has 2 rings (SSSR count). The van der Waals surface area contributed by atoms with Gasteiger partial charge in [0.05, 0.1) is 5.69 Å². The van der Waals surface area contributed by atoms with Gasteiger partial charge in [-0.1, -0.05) is 0 Å². The van der Waals surface area contributed by atoms with Crippen molar-refractivity contribution < 1.29 is 8.42 Å². The Balaban J connectivity index is 2.03. The molecule has 1 aromatic rings. The highest BCUT2D eigenvalue weighted by Crippen LogP contribution is 2.24. The van der Waals surface area contributed by atoms with Crippen LogP contribution in [0.5, 0.6) is 0 Å². The summed E-state index contributed by atoms with van der Waals surface area (Å²) in [6.07, 6.45) is 1.65. The Bertz CT molecular complexity index is 513. The summed E-state index contributed by atoms with van der Waals surface area (Å²) in [5.41, 5.74) is 6.47. The first-order valence-electron chi connectivity index (χ1n) is 6.34. The lowest BCUT2D eigenvalue weighted by molar-refractivity contribution is 0.280. The van der Waals surface area contributed by atoms with Gasteiger partial charge in [0.2, 0.25) is 0 Å². The van der Waals surface area contributed by atoms with Crippen LogP contribution < -0.4 is 10.5 Å². The number of aryl methyl sites for hydroxylation is 2. The van der Waals surface area contributed by atoms with Crippen LogP contribution in [0.3, 0.4) is 0 Å². The van der Waals surface area contributed by atoms with E-state index in [2.05, 4.69) is 9.71 Å². The van der Waals surface area contributed by atoms with Crippen molar-refractivity contribution in [2.75, 3.05) is 24.4 Å². The van der Waals surface area contributed by atoms with E-state index < -0.39 is 10.2 Å². The van der Waals surface area contributed by atoms with Crippen LogP contribution in [-0.2, 0) is 10.2 Å². The molecule has 0 unspecified atom stereocenters. The number of nitrogens with zero attached hydrogens (tertiary/aromatic N) is 2. The molecule has 1 aliphatic heterocycles. The molecule has 0 spiro atoms. The molecule has 19 heavy (non-hydrogen) atoms. The van der Waals surface area contributed by atoms with Crippen LogP contribution in [0.25, 0.3) is 0 Å². The number of nitrogens with two attached hydrogens (primary N) is 1. The summed E-state index contributed by atoms with van der Waals surface area (Å²) in [4.78, 5) is 5.23. The van der Waals surface area contributed by atoms with E-state index in [4.69, 9.17) is 5.73 Å². The molecule has 3 N–H and O–H groups in total. The normalized spacial score (nSPS) is 18.7. The number of nitrogens with one attached hydrogen (secondary N) is 1. The summed E-state index contributed by atoms with van der Waals surface area (Å²) in [6, 6.07) is 0. The zero-order valence-corrected chi connectivity index (χ0v) is 12.9. The van der Waals surface area contributed by atoms with Crippen molar-refractivity contribution in [3.63, 3.8) is 0 Å². The lowest BCUT2D eigenvalue weighted by atomic mass is 9.99. The molecule has 2 heterocycles. The van der Waals surface area contributed by atoms with Crippen LogP contribution in [-0.4, -0.2) is 37.3 Å². The molecule has 0 atom stereocenters. The van der Waals surface area contributed by atoms with Gasteiger partial charge in [0.15, 0.2) is 5.13 Å². The Kier molecular flexibility index (Phi) is 4.44. The number of hydrogen-bond donors (Lipinski definition) is 2. The van der Waals surface area contributed by atoms with Crippen molar-refractivity contribution in [1.29, 1.82) is 0 Å². The number of hydrogen-bond acceptors (Lipinski definition) is 5. The molecule has 1 fully saturated rings. The van der Waals surface area contributed by atoms with Gasteiger partial charge >= 0.3 is 10.2 Å². The molecule has 0 amide bonds. The van der Waals surface area contributed by atoms with Gasteiger partial charge in [-0.2, -0.15) is 12.7 Å². The van der Waals surface area contributed by atoms with Crippen LogP contribution >= 0.6 is 11.3 Å². The van der Waals surface area contributed by atoms with E-state index in [1.807, 2.05) is 13.8 Å². The molecule has 0 aromatic carbocycles. The van der Waals surface area contributed by atoms with Crippen molar-refractivity contribution in [1.82, 2.24) is 9.29 Å². The van der Waals surface area contributed by atoms with Gasteiger partial charge in [-0.25, -0.2) is 9.71 Å². The van der Waals surface area contributed by atoms with Gasteiger partial charge in [-0.05, 0) is 39.2 Å². The molecule has 0 saturated carbocycles. The van der Waals surface area contributed by atoms with Crippen molar-refractivity contribution >= 4 is 26.7 Å². The molecule has 0 bridgehead atoms. The number of thiazole rings is 1. The van der Waals surface area contributed by atoms with Crippen molar-refractivity contribution in [3.8, 4) is 0 Å². The molecule has 1 aliphatic rings. The summed E-state index contributed by atoms with van der Waals surface area (Å²) >= 11 is 1.36. The average Bonchev–Trinajstić information content (AvgIpc) is 2.67. The molecule has 1 aromatic heterocycles. The van der Waals surface area contributed by atoms with Crippen LogP contribution in [0, 0.1) is 19.8 Å². The first-order valence-corrected chi connectivity index (χ1v) is 8.60. The van der Waals surface area contributed by atoms with Crippen LogP contribution in [0.4, 0.5) is 5.13 Å². The highest BCUT2D eigenvalue weighted by molar-refractivity contribution is 7.90. The monoisotopic (exact) mass is 304 g/mol. The minimum absolute atomic E-state index is 0.441. The fraction of sp³-hybridized carbons (Fsp3) is 0.727. The summed E-state index contributed by atoms with van der Waals surface area (Å²) in [5, 5.41) is 0.441. The summed E-state index contributed by atoms with van der Waals surface area (Å²) < 4.78 is 28.5. The van der Waals surface area contributed by atoms with E-state index in [1.165, 1.54) is 15.6 Å². The predicted molar refractivity (Wildman–Crippen MR) is 77.5 cm³/mol. The standard InChI is InChI=1S/C11H20N4O2S2/c1-8-9(2)18-11(13-8)14-19(16,17)15-5-3-10(7-12)4-6-15/h10H,3-7,12H2,1-2H3,(H,13,14). The summed E-state index contributed by atoms with van der Waals surface area (Å²) in [5.74, 6) is 0.441. The summed E-state index contributed by atoms with van der Waals surface area (Å²) in [7, 11) is -3.48. The topological polar surface area (TPSA) is 88.3 Å². The third-order valence-electron chi connectivity index (χ3n) is 3.49. The maximum atomic E-state index is 12.2. The molecule has 0 aliphatic carbocycles. The number of aromatic nitrogens is 1. The van der Waals surface area contributed by atoms with E-state index in [-0.39, 0.29) is 0 Å². The average molecular weight is 304 g/mol. The van der Waals surface area contributed by atoms with Gasteiger partial charge in [0.25, 0.3) is 0 Å². The molecule has 108 valence electrons. The zero-order valence-electron chi connectivity index (χ0n) is 11.2. The molecule has 6 nitrogen and oxygen atoms in total. The van der Waals surface area contributed by atoms with Gasteiger partial charge < -0.3 is 5.73 Å². The Labute approximate surface area is 118 Å². The zero-order chi connectivity index (χ0) is 14.0. The third kappa shape index (κ3) is 3.44. The molecular formula is C11H20N4O2S2. The van der Waals surface area contributed by atoms with Gasteiger partial charge in [-0.3, -0.25) is 0 Å². The van der Waals surface area contributed by atoms with Crippen molar-refractivity contribution in [2.45, 2.75) is 26.7 Å². The second-order valence-corrected chi connectivity index (χ2v) is 7.72. The number of piperidine rings is 1. The SMILES string of the molecule is Cc1nc(NS(=O)(=O)N2CCC(CN)CC2)sc1C. The lowest BCUT2D eigenvalue weighted by Crippen LogP contribution is -2.42. The second-order valence-electron chi connectivity index (χ2n) is 4.85. The van der Waals surface area contributed by atoms with Gasteiger partial charge in [0, 0.05) is 18.0 Å². The fourth-order valence-electron chi connectivity index (χ4n) is 2.08. The Morgan fingerprint density at radius 2 is 2.05 bits per heavy atom. The van der Waals surface area contributed by atoms with E-state index in [9.17, 15) is 8.42 Å². The lowest BCUT2D eigenvalue weighted by Gasteiger charge is -2.30. The summed E-state index contributed by atoms with van der Waals surface area (Å²) in [6.45, 7) is 5.49. The Morgan fingerprint density at radius 3 is 2.53 bits per heavy atom. The van der Waals surface area contributed by atoms with E-state index in [0.717, 1.165) is 23.4 Å². The maximum absolute atomic E-state index is 12.2. The molecular weight excluding hydrogens is 284 g/mol. The van der Waals surface area contributed by atoms with E-state index in [1.54, 1.807) is 0 Å². The van der Waals surface area contributed by atoms with Crippen LogP contribution in [0.15, 0.2) is 0 Å². The van der Waals surface area contributed by atoms with Gasteiger partial charge in [-0.15, -0.1) is 11.3 Å². The first-order chi connectivity index (χ1) is 8.92. The third-order valence-corrected chi connectivity index (χ3v) is 6.11. The number of anilines is 1. The van der Waals surface area contributed by atoms with E-state index in [0.29, 0.717) is 30.7 Å². The van der Waals surface area contributed by atoms with Crippen LogP contribution in [0.2, 0.25) is 0 Å². The number of rotatable bonds is 4. The molecule has 1 saturated heterocycles. The smallest absolute Gasteiger partial charge is 0.303 e. The Morgan fingerprint density at radius 1 is 1.42 bits per heavy atom. The molecule has 0 radical (unpaired) electrons. The minimum Gasteiger partial charge on any atom is -0.330 e. The fourth-order valence-corrected chi connectivity index (χ4v) is 4.31. The second kappa shape index (κ2) is 5.74. The van der Waals surface area contributed by atoms with Crippen LogP contribution in [0.1, 0.15) is 23.4 Å². The molecule has 8 heteroatoms. The van der Waals surface area contributed by atoms with Crippen molar-refractivity contribution in [3.05, 3.63) is 10.6 Å². The Hall–Kier alpha value is -0.700. The highest BCUT2D eigenvalue weighted by atomic mass is 32.2. The maximum Gasteiger partial charge on any atom is 0.303 e. The largest absolute Gasteiger partial charge is 0.330 e. The van der Waals surface area contributed by atoms with Gasteiger partial charge in [0.1, 0.15) is 0 Å². The highest BCUT2D eigenvalue weighted by Gasteiger charge is 2.28. The van der Waals surface area contributed by atoms with E-state index >= 15 is 0 Å². The first kappa shape index (κ1) is 14.7. The van der Waals surface area contributed by atoms with Crippen molar-refractivity contribution in [2.24, 2.45) is 11.7 Å².